The number of nitriles is 1. The predicted molar refractivity (Wildman–Crippen MR) is 112 cm³/mol. The molecule has 0 saturated carbocycles. The van der Waals surface area contributed by atoms with E-state index in [4.69, 9.17) is 10.00 Å². The third kappa shape index (κ3) is 3.78. The summed E-state index contributed by atoms with van der Waals surface area (Å²) in [5, 5.41) is 24.8. The summed E-state index contributed by atoms with van der Waals surface area (Å²) >= 11 is 0. The van der Waals surface area contributed by atoms with E-state index in [1.807, 2.05) is 32.4 Å². The van der Waals surface area contributed by atoms with Gasteiger partial charge in [-0.2, -0.15) is 15.5 Å². The zero-order chi connectivity index (χ0) is 21.1. The zero-order valence-corrected chi connectivity index (χ0v) is 16.9. The lowest BCUT2D eigenvalue weighted by Crippen LogP contribution is -1.97. The van der Waals surface area contributed by atoms with E-state index in [1.165, 1.54) is 7.11 Å². The van der Waals surface area contributed by atoms with Crippen LogP contribution in [0.25, 0.3) is 21.8 Å². The van der Waals surface area contributed by atoms with Gasteiger partial charge in [0.05, 0.1) is 18.4 Å². The Kier molecular flexibility index (Phi) is 5.54. The van der Waals surface area contributed by atoms with E-state index in [-0.39, 0.29) is 5.75 Å². The molecule has 0 atom stereocenters. The van der Waals surface area contributed by atoms with Crippen molar-refractivity contribution in [2.24, 2.45) is 14.1 Å². The van der Waals surface area contributed by atoms with Crippen molar-refractivity contribution < 1.29 is 9.13 Å². The number of benzene rings is 2. The molecule has 0 fully saturated rings. The molecule has 0 aliphatic carbocycles. The van der Waals surface area contributed by atoms with Crippen LogP contribution >= 0.6 is 0 Å². The standard InChI is InChI=1S/C10H12FN3O.C10H10N4/c1-12-7-4-6-5-14(2)13-9(6)8(11)10(7)15-3;1-12-9-3-7(5-11)10-8(4-9)6-14(2)13-10/h4-5,12H,1-3H3;3-4,6,12H,1-2H3. The number of ether oxygens (including phenoxy) is 1. The summed E-state index contributed by atoms with van der Waals surface area (Å²) in [6, 6.07) is 7.73. The average Bonchev–Trinajstić information content (AvgIpc) is 3.28. The van der Waals surface area contributed by atoms with E-state index >= 15 is 0 Å². The van der Waals surface area contributed by atoms with Gasteiger partial charge in [-0.15, -0.1) is 0 Å². The molecule has 8 nitrogen and oxygen atoms in total. The van der Waals surface area contributed by atoms with Gasteiger partial charge in [0.1, 0.15) is 17.1 Å². The SMILES string of the molecule is CNc1cc(C#N)c2nn(C)cc2c1.CNc1cc2cn(C)nc2c(F)c1OC. The largest absolute Gasteiger partial charge is 0.492 e. The third-order valence-corrected chi connectivity index (χ3v) is 4.41. The quantitative estimate of drug-likeness (QED) is 0.553. The lowest BCUT2D eigenvalue weighted by Gasteiger charge is -2.08. The summed E-state index contributed by atoms with van der Waals surface area (Å²) in [6.07, 6.45) is 3.66. The van der Waals surface area contributed by atoms with Crippen LogP contribution in [0.1, 0.15) is 5.56 Å². The molecule has 9 heteroatoms. The van der Waals surface area contributed by atoms with Crippen LogP contribution in [0, 0.1) is 17.1 Å². The molecule has 150 valence electrons. The van der Waals surface area contributed by atoms with Gasteiger partial charge in [0.2, 0.25) is 0 Å². The highest BCUT2D eigenvalue weighted by atomic mass is 19.1. The van der Waals surface area contributed by atoms with Crippen molar-refractivity contribution in [1.82, 2.24) is 19.6 Å². The minimum atomic E-state index is -0.431. The Labute approximate surface area is 167 Å². The Morgan fingerprint density at radius 2 is 1.62 bits per heavy atom. The van der Waals surface area contributed by atoms with Crippen molar-refractivity contribution in [2.75, 3.05) is 31.8 Å². The number of fused-ring (bicyclic) bond motifs is 2. The first-order valence-electron chi connectivity index (χ1n) is 8.84. The number of aryl methyl sites for hydroxylation is 2. The first-order valence-corrected chi connectivity index (χ1v) is 8.84. The van der Waals surface area contributed by atoms with Crippen molar-refractivity contribution in [3.63, 3.8) is 0 Å². The number of anilines is 2. The molecule has 2 heterocycles. The minimum Gasteiger partial charge on any atom is -0.492 e. The highest BCUT2D eigenvalue weighted by molar-refractivity contribution is 5.87. The molecule has 0 aliphatic rings. The first-order chi connectivity index (χ1) is 13.9. The Morgan fingerprint density at radius 1 is 1.00 bits per heavy atom. The highest BCUT2D eigenvalue weighted by Crippen LogP contribution is 2.33. The molecule has 0 radical (unpaired) electrons. The molecule has 4 aromatic rings. The van der Waals surface area contributed by atoms with Gasteiger partial charge >= 0.3 is 0 Å². The second kappa shape index (κ2) is 8.06. The monoisotopic (exact) mass is 395 g/mol. The van der Waals surface area contributed by atoms with Gasteiger partial charge in [-0.05, 0) is 18.2 Å². The summed E-state index contributed by atoms with van der Waals surface area (Å²) in [5.41, 5.74) is 3.24. The van der Waals surface area contributed by atoms with Crippen LogP contribution < -0.4 is 15.4 Å². The van der Waals surface area contributed by atoms with Crippen LogP contribution in [0.4, 0.5) is 15.8 Å². The van der Waals surface area contributed by atoms with Crippen molar-refractivity contribution >= 4 is 33.2 Å². The van der Waals surface area contributed by atoms with Crippen LogP contribution in [0.5, 0.6) is 5.75 Å². The third-order valence-electron chi connectivity index (χ3n) is 4.41. The fourth-order valence-corrected chi connectivity index (χ4v) is 3.10. The Bertz CT molecular complexity index is 1220. The van der Waals surface area contributed by atoms with Gasteiger partial charge in [-0.1, -0.05) is 0 Å². The number of nitrogens with zero attached hydrogens (tertiary/aromatic N) is 5. The molecule has 2 aromatic carbocycles. The van der Waals surface area contributed by atoms with E-state index in [9.17, 15) is 4.39 Å². The van der Waals surface area contributed by atoms with Crippen molar-refractivity contribution in [1.29, 1.82) is 5.26 Å². The number of halogens is 1. The molecule has 0 amide bonds. The van der Waals surface area contributed by atoms with Crippen LogP contribution in [-0.2, 0) is 14.1 Å². The lowest BCUT2D eigenvalue weighted by molar-refractivity contribution is 0.390. The van der Waals surface area contributed by atoms with Gasteiger partial charge in [-0.3, -0.25) is 9.36 Å². The minimum absolute atomic E-state index is 0.198. The van der Waals surface area contributed by atoms with Crippen LogP contribution in [0.15, 0.2) is 30.6 Å². The summed E-state index contributed by atoms with van der Waals surface area (Å²) in [5.74, 6) is -0.233. The van der Waals surface area contributed by atoms with Crippen molar-refractivity contribution in [3.8, 4) is 11.8 Å². The second-order valence-corrected chi connectivity index (χ2v) is 6.39. The van der Waals surface area contributed by atoms with E-state index < -0.39 is 5.82 Å². The summed E-state index contributed by atoms with van der Waals surface area (Å²) < 4.78 is 22.2. The average molecular weight is 395 g/mol. The molecule has 0 bridgehead atoms. The molecular formula is C20H22FN7O. The maximum absolute atomic E-state index is 13.9. The van der Waals surface area contributed by atoms with E-state index in [2.05, 4.69) is 26.9 Å². The van der Waals surface area contributed by atoms with Crippen molar-refractivity contribution in [2.45, 2.75) is 0 Å². The Morgan fingerprint density at radius 3 is 2.17 bits per heavy atom. The molecular weight excluding hydrogens is 373 g/mol. The number of nitrogens with one attached hydrogen (secondary N) is 2. The second-order valence-electron chi connectivity index (χ2n) is 6.39. The van der Waals surface area contributed by atoms with Gasteiger partial charge < -0.3 is 15.4 Å². The Hall–Kier alpha value is -3.80. The molecule has 0 spiro atoms. The summed E-state index contributed by atoms with van der Waals surface area (Å²) in [4.78, 5) is 0. The zero-order valence-electron chi connectivity index (χ0n) is 16.9. The van der Waals surface area contributed by atoms with Crippen LogP contribution in [0.3, 0.4) is 0 Å². The van der Waals surface area contributed by atoms with Gasteiger partial charge in [-0.25, -0.2) is 4.39 Å². The van der Waals surface area contributed by atoms with Gasteiger partial charge in [0.15, 0.2) is 11.6 Å². The van der Waals surface area contributed by atoms with Crippen molar-refractivity contribution in [3.05, 3.63) is 42.0 Å². The fourth-order valence-electron chi connectivity index (χ4n) is 3.10. The van der Waals surface area contributed by atoms with E-state index in [0.29, 0.717) is 16.8 Å². The van der Waals surface area contributed by atoms with E-state index in [0.717, 1.165) is 22.0 Å². The summed E-state index contributed by atoms with van der Waals surface area (Å²) in [7, 11) is 8.59. The Balaban J connectivity index is 0.000000166. The molecule has 0 unspecified atom stereocenters. The number of methoxy groups -OCH3 is 1. The number of hydrogen-bond acceptors (Lipinski definition) is 6. The number of hydrogen-bond donors (Lipinski definition) is 2. The molecule has 4 rings (SSSR count). The molecule has 29 heavy (non-hydrogen) atoms. The molecule has 0 saturated heterocycles. The molecule has 0 aliphatic heterocycles. The fraction of sp³-hybridized carbons (Fsp3) is 0.250. The molecule has 2 aromatic heterocycles. The number of aromatic nitrogens is 4. The van der Waals surface area contributed by atoms with E-state index in [1.54, 1.807) is 35.7 Å². The highest BCUT2D eigenvalue weighted by Gasteiger charge is 2.15. The lowest BCUT2D eigenvalue weighted by atomic mass is 10.1. The maximum atomic E-state index is 13.9. The number of rotatable bonds is 3. The van der Waals surface area contributed by atoms with Gasteiger partial charge in [0.25, 0.3) is 0 Å². The summed E-state index contributed by atoms with van der Waals surface area (Å²) in [6.45, 7) is 0. The van der Waals surface area contributed by atoms with Crippen LogP contribution in [0.2, 0.25) is 0 Å². The smallest absolute Gasteiger partial charge is 0.195 e. The maximum Gasteiger partial charge on any atom is 0.195 e. The first kappa shape index (κ1) is 19.9. The predicted octanol–water partition coefficient (Wildman–Crippen LogP) is 3.25. The molecule has 2 N–H and O–H groups in total. The van der Waals surface area contributed by atoms with Crippen LogP contribution in [-0.4, -0.2) is 40.8 Å². The topological polar surface area (TPSA) is 92.7 Å². The normalized spacial score (nSPS) is 10.4. The van der Waals surface area contributed by atoms with Gasteiger partial charge in [0, 0.05) is 57.0 Å².